The van der Waals surface area contributed by atoms with Crippen molar-refractivity contribution < 1.29 is 29.0 Å². The first kappa shape index (κ1) is 16.2. The molecular weight excluding hydrogens is 379 g/mol. The number of hydrogen-bond donors (Lipinski definition) is 1. The normalized spacial score (nSPS) is 10.8. The molecule has 7 heteroatoms. The van der Waals surface area contributed by atoms with Gasteiger partial charge in [0.1, 0.15) is 5.75 Å². The number of hydrogen-bond acceptors (Lipinski definition) is 6. The molecule has 0 unspecified atom stereocenters. The summed E-state index contributed by atoms with van der Waals surface area (Å²) >= 11 is 1.81. The zero-order valence-electron chi connectivity index (χ0n) is 10.7. The van der Waals surface area contributed by atoms with Crippen molar-refractivity contribution in [1.82, 2.24) is 0 Å². The Hall–Kier alpha value is -1.90. The van der Waals surface area contributed by atoms with E-state index in [1.165, 1.54) is 26.4 Å². The van der Waals surface area contributed by atoms with Crippen molar-refractivity contribution in [1.29, 1.82) is 0 Å². The third kappa shape index (κ3) is 3.56. The van der Waals surface area contributed by atoms with Crippen molar-refractivity contribution in [2.75, 3.05) is 14.2 Å². The quantitative estimate of drug-likeness (QED) is 0.363. The molecule has 0 radical (unpaired) electrons. The van der Waals surface area contributed by atoms with Crippen molar-refractivity contribution in [2.24, 2.45) is 0 Å². The Bertz CT molecular complexity index is 591. The lowest BCUT2D eigenvalue weighted by Crippen LogP contribution is -2.08. The van der Waals surface area contributed by atoms with Gasteiger partial charge in [0.2, 0.25) is 0 Å². The lowest BCUT2D eigenvalue weighted by atomic mass is 10.0. The van der Waals surface area contributed by atoms with E-state index in [0.717, 1.165) is 6.08 Å². The summed E-state index contributed by atoms with van der Waals surface area (Å²) in [6, 6.07) is 2.74. The molecule has 1 N–H and O–H groups in total. The Morgan fingerprint density at radius 3 is 2.40 bits per heavy atom. The van der Waals surface area contributed by atoms with Gasteiger partial charge in [0.25, 0.3) is 0 Å². The number of ether oxygens (including phenoxy) is 2. The number of benzene rings is 1. The van der Waals surface area contributed by atoms with Crippen LogP contribution in [0.5, 0.6) is 5.75 Å². The van der Waals surface area contributed by atoms with E-state index in [-0.39, 0.29) is 22.4 Å². The number of rotatable bonds is 4. The average Bonchev–Trinajstić information content (AvgIpc) is 2.46. The largest absolute Gasteiger partial charge is 0.506 e. The van der Waals surface area contributed by atoms with E-state index in [1.807, 2.05) is 0 Å². The van der Waals surface area contributed by atoms with Crippen LogP contribution in [0.1, 0.15) is 15.9 Å². The van der Waals surface area contributed by atoms with E-state index < -0.39 is 11.9 Å². The monoisotopic (exact) mass is 390 g/mol. The van der Waals surface area contributed by atoms with E-state index >= 15 is 0 Å². The van der Waals surface area contributed by atoms with Gasteiger partial charge in [-0.25, -0.2) is 9.59 Å². The summed E-state index contributed by atoms with van der Waals surface area (Å²) in [5.74, 6) is -1.68. The number of carbonyl (C=O) groups excluding carboxylic acids is 3. The third-order valence-electron chi connectivity index (χ3n) is 2.40. The van der Waals surface area contributed by atoms with E-state index in [2.05, 4.69) is 9.47 Å². The van der Waals surface area contributed by atoms with Gasteiger partial charge in [-0.3, -0.25) is 4.79 Å². The topological polar surface area (TPSA) is 89.9 Å². The summed E-state index contributed by atoms with van der Waals surface area (Å²) in [5.41, 5.74) is 0.207. The molecule has 0 spiro atoms. The zero-order valence-corrected chi connectivity index (χ0v) is 12.8. The lowest BCUT2D eigenvalue weighted by Gasteiger charge is -2.09. The maximum absolute atomic E-state index is 11.7. The van der Waals surface area contributed by atoms with Gasteiger partial charge in [0, 0.05) is 6.08 Å². The van der Waals surface area contributed by atoms with Gasteiger partial charge in [-0.1, -0.05) is 0 Å². The molecule has 0 saturated heterocycles. The maximum atomic E-state index is 11.7. The second-order valence-electron chi connectivity index (χ2n) is 3.59. The summed E-state index contributed by atoms with van der Waals surface area (Å²) < 4.78 is 9.41. The minimum absolute atomic E-state index is 0.00608. The molecule has 0 aliphatic rings. The summed E-state index contributed by atoms with van der Waals surface area (Å²) in [6.45, 7) is 0. The highest BCUT2D eigenvalue weighted by atomic mass is 127. The van der Waals surface area contributed by atoms with Gasteiger partial charge < -0.3 is 14.6 Å². The van der Waals surface area contributed by atoms with Gasteiger partial charge in [0.05, 0.1) is 28.9 Å². The Morgan fingerprint density at radius 1 is 1.25 bits per heavy atom. The summed E-state index contributed by atoms with van der Waals surface area (Å²) in [7, 11) is 2.34. The van der Waals surface area contributed by atoms with Crippen molar-refractivity contribution >= 4 is 46.4 Å². The number of halogens is 1. The molecule has 1 aromatic rings. The van der Waals surface area contributed by atoms with Crippen LogP contribution in [-0.2, 0) is 19.1 Å². The van der Waals surface area contributed by atoms with Gasteiger partial charge in [-0.2, -0.15) is 0 Å². The lowest BCUT2D eigenvalue weighted by molar-refractivity contribution is -0.136. The van der Waals surface area contributed by atoms with Crippen molar-refractivity contribution in [3.05, 3.63) is 32.9 Å². The number of aromatic hydroxyl groups is 1. The molecule has 1 aromatic carbocycles. The van der Waals surface area contributed by atoms with Crippen LogP contribution >= 0.6 is 22.6 Å². The number of esters is 2. The SMILES string of the molecule is COC(=O)C=C(C(=O)OC)c1cc(I)c(O)c(C=O)c1. The predicted molar refractivity (Wildman–Crippen MR) is 78.2 cm³/mol. The minimum atomic E-state index is -0.756. The van der Waals surface area contributed by atoms with E-state index in [4.69, 9.17) is 0 Å². The number of methoxy groups -OCH3 is 2. The second kappa shape index (κ2) is 7.04. The van der Waals surface area contributed by atoms with E-state index in [9.17, 15) is 19.5 Å². The first-order valence-corrected chi connectivity index (χ1v) is 6.38. The van der Waals surface area contributed by atoms with Crippen molar-refractivity contribution in [2.45, 2.75) is 0 Å². The molecule has 0 bridgehead atoms. The van der Waals surface area contributed by atoms with Crippen molar-refractivity contribution in [3.63, 3.8) is 0 Å². The fourth-order valence-electron chi connectivity index (χ4n) is 1.41. The molecule has 0 amide bonds. The smallest absolute Gasteiger partial charge is 0.338 e. The molecule has 0 atom stereocenters. The summed E-state index contributed by atoms with van der Waals surface area (Å²) in [4.78, 5) is 33.9. The number of phenolic OH excluding ortho intramolecular Hbond substituents is 1. The predicted octanol–water partition coefficient (Wildman–Crippen LogP) is 1.54. The fraction of sp³-hybridized carbons (Fsp3) is 0.154. The third-order valence-corrected chi connectivity index (χ3v) is 3.22. The Labute approximate surface area is 128 Å². The first-order chi connectivity index (χ1) is 9.44. The van der Waals surface area contributed by atoms with Crippen molar-refractivity contribution in [3.8, 4) is 5.75 Å². The van der Waals surface area contributed by atoms with Crippen LogP contribution in [0.4, 0.5) is 0 Å². The Kier molecular flexibility index (Phi) is 5.68. The minimum Gasteiger partial charge on any atom is -0.506 e. The molecule has 106 valence electrons. The Balaban J connectivity index is 3.46. The molecule has 0 aromatic heterocycles. The van der Waals surface area contributed by atoms with Gasteiger partial charge in [-0.15, -0.1) is 0 Å². The van der Waals surface area contributed by atoms with Crippen LogP contribution in [0, 0.1) is 3.57 Å². The van der Waals surface area contributed by atoms with Gasteiger partial charge >= 0.3 is 11.9 Å². The highest BCUT2D eigenvalue weighted by Gasteiger charge is 2.18. The maximum Gasteiger partial charge on any atom is 0.338 e. The molecule has 6 nitrogen and oxygen atoms in total. The fourth-order valence-corrected chi connectivity index (χ4v) is 2.06. The average molecular weight is 390 g/mol. The standard InChI is InChI=1S/C13H11IO6/c1-19-11(16)5-9(13(18)20-2)7-3-8(6-15)12(17)10(14)4-7/h3-6,17H,1-2H3. The first-order valence-electron chi connectivity index (χ1n) is 5.30. The molecule has 0 saturated carbocycles. The van der Waals surface area contributed by atoms with E-state index in [1.54, 1.807) is 22.6 Å². The highest BCUT2D eigenvalue weighted by molar-refractivity contribution is 14.1. The van der Waals surface area contributed by atoms with Crippen LogP contribution in [0.25, 0.3) is 5.57 Å². The van der Waals surface area contributed by atoms with Crippen LogP contribution in [0.2, 0.25) is 0 Å². The highest BCUT2D eigenvalue weighted by Crippen LogP contribution is 2.28. The molecule has 0 aliphatic heterocycles. The molecular formula is C13H11IO6. The molecule has 20 heavy (non-hydrogen) atoms. The number of aldehydes is 1. The number of phenols is 1. The second-order valence-corrected chi connectivity index (χ2v) is 4.75. The molecule has 0 aliphatic carbocycles. The van der Waals surface area contributed by atoms with Gasteiger partial charge in [-0.05, 0) is 40.3 Å². The number of carbonyl (C=O) groups is 3. The summed E-state index contributed by atoms with van der Waals surface area (Å²) in [6.07, 6.45) is 1.41. The van der Waals surface area contributed by atoms with Crippen LogP contribution in [-0.4, -0.2) is 37.6 Å². The molecule has 0 fully saturated rings. The molecule has 1 rings (SSSR count). The Morgan fingerprint density at radius 2 is 1.90 bits per heavy atom. The van der Waals surface area contributed by atoms with Crippen LogP contribution in [0.15, 0.2) is 18.2 Å². The van der Waals surface area contributed by atoms with Crippen LogP contribution in [0.3, 0.4) is 0 Å². The zero-order chi connectivity index (χ0) is 15.3. The van der Waals surface area contributed by atoms with Gasteiger partial charge in [0.15, 0.2) is 6.29 Å². The van der Waals surface area contributed by atoms with E-state index in [0.29, 0.717) is 9.86 Å². The summed E-state index contributed by atoms with van der Waals surface area (Å²) in [5, 5.41) is 9.66. The van der Waals surface area contributed by atoms with Crippen LogP contribution < -0.4 is 0 Å². The molecule has 0 heterocycles.